The Hall–Kier alpha value is -1.54. The molecular formula is C16H18O2. The van der Waals surface area contributed by atoms with E-state index in [-0.39, 0.29) is 12.2 Å². The fourth-order valence-corrected chi connectivity index (χ4v) is 2.83. The number of aliphatic hydroxyl groups is 1. The molecule has 0 bridgehead atoms. The van der Waals surface area contributed by atoms with Crippen LogP contribution >= 0.6 is 0 Å². The summed E-state index contributed by atoms with van der Waals surface area (Å²) in [5.74, 6) is 0.893. The summed E-state index contributed by atoms with van der Waals surface area (Å²) in [5, 5.41) is 11.9. The molecular weight excluding hydrogens is 224 g/mol. The molecule has 1 fully saturated rings. The molecule has 2 aromatic rings. The lowest BCUT2D eigenvalue weighted by atomic mass is 10.0. The minimum atomic E-state index is -0.357. The van der Waals surface area contributed by atoms with Crippen LogP contribution < -0.4 is 4.74 Å². The van der Waals surface area contributed by atoms with Crippen LogP contribution in [0, 0.1) is 0 Å². The van der Waals surface area contributed by atoms with Gasteiger partial charge in [-0.2, -0.15) is 0 Å². The van der Waals surface area contributed by atoms with Gasteiger partial charge in [0, 0.05) is 5.39 Å². The van der Waals surface area contributed by atoms with Crippen LogP contribution in [0.5, 0.6) is 5.75 Å². The highest BCUT2D eigenvalue weighted by Gasteiger charge is 2.35. The van der Waals surface area contributed by atoms with Gasteiger partial charge in [0.15, 0.2) is 0 Å². The lowest BCUT2D eigenvalue weighted by Crippen LogP contribution is -2.36. The van der Waals surface area contributed by atoms with E-state index in [0.29, 0.717) is 0 Å². The van der Waals surface area contributed by atoms with E-state index in [9.17, 15) is 5.11 Å². The molecule has 0 saturated heterocycles. The van der Waals surface area contributed by atoms with Crippen LogP contribution in [0.25, 0.3) is 10.8 Å². The molecule has 2 aromatic carbocycles. The Labute approximate surface area is 107 Å². The molecule has 1 saturated carbocycles. The summed E-state index contributed by atoms with van der Waals surface area (Å²) in [5.41, 5.74) is -0.357. The summed E-state index contributed by atoms with van der Waals surface area (Å²) >= 11 is 0. The van der Waals surface area contributed by atoms with Crippen molar-refractivity contribution < 1.29 is 9.84 Å². The van der Waals surface area contributed by atoms with Gasteiger partial charge in [0.1, 0.15) is 11.4 Å². The zero-order valence-corrected chi connectivity index (χ0v) is 10.4. The van der Waals surface area contributed by atoms with E-state index >= 15 is 0 Å². The highest BCUT2D eigenvalue weighted by Crippen LogP contribution is 2.36. The normalized spacial score (nSPS) is 18.1. The average Bonchev–Trinajstić information content (AvgIpc) is 2.88. The Balaban J connectivity index is 1.99. The molecule has 3 rings (SSSR count). The zero-order chi connectivity index (χ0) is 12.4. The molecule has 1 N–H and O–H groups in total. The van der Waals surface area contributed by atoms with E-state index in [4.69, 9.17) is 4.74 Å². The Kier molecular flexibility index (Phi) is 2.96. The van der Waals surface area contributed by atoms with Crippen LogP contribution in [0.4, 0.5) is 0 Å². The average molecular weight is 242 g/mol. The molecule has 0 aromatic heterocycles. The third-order valence-electron chi connectivity index (χ3n) is 3.88. The van der Waals surface area contributed by atoms with Crippen molar-refractivity contribution in [3.8, 4) is 5.75 Å². The standard InChI is InChI=1S/C16H18O2/c17-12-16(10-3-4-11-16)18-15-9-5-7-13-6-1-2-8-14(13)15/h1-2,5-9,17H,3-4,10-12H2. The van der Waals surface area contributed by atoms with Crippen molar-refractivity contribution in [2.24, 2.45) is 0 Å². The maximum absolute atomic E-state index is 9.62. The fourth-order valence-electron chi connectivity index (χ4n) is 2.83. The second kappa shape index (κ2) is 4.62. The molecule has 0 atom stereocenters. The summed E-state index contributed by atoms with van der Waals surface area (Å²) in [6, 6.07) is 14.3. The number of ether oxygens (including phenoxy) is 1. The van der Waals surface area contributed by atoms with E-state index in [1.165, 1.54) is 5.39 Å². The molecule has 0 amide bonds. The monoisotopic (exact) mass is 242 g/mol. The van der Waals surface area contributed by atoms with E-state index in [1.807, 2.05) is 24.3 Å². The Morgan fingerprint density at radius 1 is 1.00 bits per heavy atom. The second-order valence-corrected chi connectivity index (χ2v) is 5.13. The number of aliphatic hydroxyl groups excluding tert-OH is 1. The molecule has 1 aliphatic carbocycles. The van der Waals surface area contributed by atoms with Crippen LogP contribution in [0.15, 0.2) is 42.5 Å². The molecule has 0 aliphatic heterocycles. The third-order valence-corrected chi connectivity index (χ3v) is 3.88. The van der Waals surface area contributed by atoms with Crippen LogP contribution in [-0.4, -0.2) is 17.3 Å². The molecule has 2 nitrogen and oxygen atoms in total. The maximum atomic E-state index is 9.62. The first-order chi connectivity index (χ1) is 8.83. The smallest absolute Gasteiger partial charge is 0.132 e. The maximum Gasteiger partial charge on any atom is 0.132 e. The third kappa shape index (κ3) is 1.97. The molecule has 1 aliphatic rings. The van der Waals surface area contributed by atoms with Gasteiger partial charge in [-0.1, -0.05) is 36.4 Å². The van der Waals surface area contributed by atoms with Crippen molar-refractivity contribution in [1.82, 2.24) is 0 Å². The lowest BCUT2D eigenvalue weighted by Gasteiger charge is -2.28. The van der Waals surface area contributed by atoms with Crippen LogP contribution in [0.2, 0.25) is 0 Å². The van der Waals surface area contributed by atoms with Crippen LogP contribution in [-0.2, 0) is 0 Å². The molecule has 2 heteroatoms. The van der Waals surface area contributed by atoms with Gasteiger partial charge >= 0.3 is 0 Å². The Morgan fingerprint density at radius 3 is 2.50 bits per heavy atom. The largest absolute Gasteiger partial charge is 0.484 e. The van der Waals surface area contributed by atoms with E-state index in [1.54, 1.807) is 0 Å². The van der Waals surface area contributed by atoms with Gasteiger partial charge in [-0.15, -0.1) is 0 Å². The molecule has 0 heterocycles. The first-order valence-corrected chi connectivity index (χ1v) is 6.61. The SMILES string of the molecule is OCC1(Oc2cccc3ccccc23)CCCC1. The van der Waals surface area contributed by atoms with Gasteiger partial charge in [-0.3, -0.25) is 0 Å². The van der Waals surface area contributed by atoms with Crippen molar-refractivity contribution in [1.29, 1.82) is 0 Å². The van der Waals surface area contributed by atoms with Crippen molar-refractivity contribution >= 4 is 10.8 Å². The summed E-state index contributed by atoms with van der Waals surface area (Å²) in [6.45, 7) is 0.107. The molecule has 94 valence electrons. The second-order valence-electron chi connectivity index (χ2n) is 5.13. The van der Waals surface area contributed by atoms with Gasteiger partial charge in [0.2, 0.25) is 0 Å². The minimum Gasteiger partial charge on any atom is -0.484 e. The fraction of sp³-hybridized carbons (Fsp3) is 0.375. The van der Waals surface area contributed by atoms with E-state index in [2.05, 4.69) is 18.2 Å². The Morgan fingerprint density at radius 2 is 1.72 bits per heavy atom. The number of benzene rings is 2. The first-order valence-electron chi connectivity index (χ1n) is 6.61. The quantitative estimate of drug-likeness (QED) is 0.892. The molecule has 0 unspecified atom stereocenters. The zero-order valence-electron chi connectivity index (χ0n) is 10.4. The van der Waals surface area contributed by atoms with Crippen LogP contribution in [0.3, 0.4) is 0 Å². The summed E-state index contributed by atoms with van der Waals surface area (Å²) in [6.07, 6.45) is 4.19. The van der Waals surface area contributed by atoms with E-state index < -0.39 is 0 Å². The Bertz CT molecular complexity index is 536. The summed E-state index contributed by atoms with van der Waals surface area (Å²) in [7, 11) is 0. The lowest BCUT2D eigenvalue weighted by molar-refractivity contribution is 0.0164. The summed E-state index contributed by atoms with van der Waals surface area (Å²) < 4.78 is 6.18. The van der Waals surface area contributed by atoms with Crippen LogP contribution in [0.1, 0.15) is 25.7 Å². The number of fused-ring (bicyclic) bond motifs is 1. The first kappa shape index (κ1) is 11.5. The predicted molar refractivity (Wildman–Crippen MR) is 72.9 cm³/mol. The predicted octanol–water partition coefficient (Wildman–Crippen LogP) is 3.52. The van der Waals surface area contributed by atoms with Gasteiger partial charge in [0.25, 0.3) is 0 Å². The molecule has 18 heavy (non-hydrogen) atoms. The topological polar surface area (TPSA) is 29.5 Å². The van der Waals surface area contributed by atoms with Gasteiger partial charge in [0.05, 0.1) is 6.61 Å². The minimum absolute atomic E-state index is 0.107. The van der Waals surface area contributed by atoms with Gasteiger partial charge in [-0.25, -0.2) is 0 Å². The van der Waals surface area contributed by atoms with Crippen molar-refractivity contribution in [2.75, 3.05) is 6.61 Å². The molecule has 0 spiro atoms. The van der Waals surface area contributed by atoms with Crippen molar-refractivity contribution in [3.63, 3.8) is 0 Å². The van der Waals surface area contributed by atoms with E-state index in [0.717, 1.165) is 36.8 Å². The highest BCUT2D eigenvalue weighted by atomic mass is 16.5. The van der Waals surface area contributed by atoms with Gasteiger partial charge < -0.3 is 9.84 Å². The van der Waals surface area contributed by atoms with Crippen molar-refractivity contribution in [3.05, 3.63) is 42.5 Å². The number of hydrogen-bond donors (Lipinski definition) is 1. The van der Waals surface area contributed by atoms with Crippen molar-refractivity contribution in [2.45, 2.75) is 31.3 Å². The number of rotatable bonds is 3. The summed E-state index contributed by atoms with van der Waals surface area (Å²) in [4.78, 5) is 0. The van der Waals surface area contributed by atoms with Gasteiger partial charge in [-0.05, 0) is 37.1 Å². The molecule has 0 radical (unpaired) electrons. The highest BCUT2D eigenvalue weighted by molar-refractivity contribution is 5.88. The number of hydrogen-bond acceptors (Lipinski definition) is 2.